The van der Waals surface area contributed by atoms with Crippen LogP contribution in [0.1, 0.15) is 57.2 Å². The molecule has 0 radical (unpaired) electrons. The van der Waals surface area contributed by atoms with Gasteiger partial charge in [-0.15, -0.1) is 0 Å². The van der Waals surface area contributed by atoms with E-state index in [-0.39, 0.29) is 10.8 Å². The van der Waals surface area contributed by atoms with Gasteiger partial charge in [-0.1, -0.05) is 52.0 Å². The number of hydrogen-bond acceptors (Lipinski definition) is 1. The summed E-state index contributed by atoms with van der Waals surface area (Å²) < 4.78 is 0. The molecule has 1 aromatic rings. The first-order chi connectivity index (χ1) is 8.37. The van der Waals surface area contributed by atoms with Gasteiger partial charge in [-0.25, -0.2) is 0 Å². The van der Waals surface area contributed by atoms with E-state index < -0.39 is 0 Å². The minimum atomic E-state index is 0.232. The van der Waals surface area contributed by atoms with Crippen LogP contribution in [0.4, 0.5) is 0 Å². The van der Waals surface area contributed by atoms with Crippen molar-refractivity contribution in [2.45, 2.75) is 51.4 Å². The quantitative estimate of drug-likeness (QED) is 0.560. The Balaban J connectivity index is 2.55. The molecular formula is C17H22O. The Bertz CT molecular complexity index is 492. The maximum atomic E-state index is 10.4. The molecule has 18 heavy (non-hydrogen) atoms. The van der Waals surface area contributed by atoms with Gasteiger partial charge in [0.1, 0.15) is 6.29 Å². The predicted molar refractivity (Wildman–Crippen MR) is 76.8 cm³/mol. The molecule has 1 aromatic carbocycles. The molecule has 0 saturated carbocycles. The molecule has 0 aromatic heterocycles. The fraction of sp³-hybridized carbons (Fsp3) is 0.471. The molecular weight excluding hydrogens is 220 g/mol. The number of rotatable bonds is 2. The highest BCUT2D eigenvalue weighted by molar-refractivity contribution is 5.74. The summed E-state index contributed by atoms with van der Waals surface area (Å²) in [6, 6.07) is 6.60. The van der Waals surface area contributed by atoms with Gasteiger partial charge in [0.05, 0.1) is 0 Å². The van der Waals surface area contributed by atoms with E-state index in [2.05, 4.69) is 45.9 Å². The van der Waals surface area contributed by atoms with Crippen LogP contribution in [0.2, 0.25) is 0 Å². The number of hydrogen-bond donors (Lipinski definition) is 0. The molecule has 2 rings (SSSR count). The average molecular weight is 242 g/mol. The second kappa shape index (κ2) is 4.38. The Labute approximate surface area is 110 Å². The Morgan fingerprint density at radius 3 is 2.22 bits per heavy atom. The first-order valence-corrected chi connectivity index (χ1v) is 6.64. The molecule has 0 aliphatic heterocycles. The van der Waals surface area contributed by atoms with Gasteiger partial charge in [0, 0.05) is 0 Å². The summed E-state index contributed by atoms with van der Waals surface area (Å²) in [4.78, 5) is 10.4. The van der Waals surface area contributed by atoms with E-state index in [1.807, 2.05) is 6.08 Å². The second-order valence-corrected chi connectivity index (χ2v) is 6.57. The number of aldehydes is 1. The van der Waals surface area contributed by atoms with Crippen molar-refractivity contribution in [1.82, 2.24) is 0 Å². The summed E-state index contributed by atoms with van der Waals surface area (Å²) in [6.07, 6.45) is 6.71. The van der Waals surface area contributed by atoms with E-state index in [0.717, 1.165) is 11.8 Å². The molecule has 0 heterocycles. The van der Waals surface area contributed by atoms with Crippen molar-refractivity contribution < 1.29 is 4.79 Å². The van der Waals surface area contributed by atoms with E-state index >= 15 is 0 Å². The lowest BCUT2D eigenvalue weighted by Crippen LogP contribution is -2.33. The summed E-state index contributed by atoms with van der Waals surface area (Å²) in [7, 11) is 0. The lowest BCUT2D eigenvalue weighted by Gasteiger charge is -2.42. The fourth-order valence-corrected chi connectivity index (χ4v) is 2.86. The summed E-state index contributed by atoms with van der Waals surface area (Å²) in [5, 5.41) is 0. The van der Waals surface area contributed by atoms with Crippen LogP contribution in [0.5, 0.6) is 0 Å². The Morgan fingerprint density at radius 1 is 1.00 bits per heavy atom. The monoisotopic (exact) mass is 242 g/mol. The van der Waals surface area contributed by atoms with Gasteiger partial charge < -0.3 is 0 Å². The van der Waals surface area contributed by atoms with E-state index in [0.29, 0.717) is 0 Å². The highest BCUT2D eigenvalue weighted by Crippen LogP contribution is 2.45. The molecule has 1 aliphatic rings. The molecule has 0 bridgehead atoms. The van der Waals surface area contributed by atoms with E-state index in [9.17, 15) is 4.79 Å². The van der Waals surface area contributed by atoms with Crippen LogP contribution in [0.25, 0.3) is 6.08 Å². The molecule has 0 fully saturated rings. The largest absolute Gasteiger partial charge is 0.299 e. The van der Waals surface area contributed by atoms with Crippen LogP contribution in [-0.4, -0.2) is 6.29 Å². The molecule has 0 unspecified atom stereocenters. The first-order valence-electron chi connectivity index (χ1n) is 6.64. The summed E-state index contributed by atoms with van der Waals surface area (Å²) in [5.74, 6) is 0. The second-order valence-electron chi connectivity index (χ2n) is 6.57. The summed E-state index contributed by atoms with van der Waals surface area (Å²) >= 11 is 0. The van der Waals surface area contributed by atoms with Crippen LogP contribution < -0.4 is 0 Å². The summed E-state index contributed by atoms with van der Waals surface area (Å²) in [5.41, 5.74) is 4.51. The fourth-order valence-electron chi connectivity index (χ4n) is 2.86. The maximum absolute atomic E-state index is 10.4. The average Bonchev–Trinajstić information content (AvgIpc) is 2.32. The van der Waals surface area contributed by atoms with Gasteiger partial charge >= 0.3 is 0 Å². The third kappa shape index (κ3) is 2.27. The number of carbonyl (C=O) groups is 1. The molecule has 1 nitrogen and oxygen atoms in total. The van der Waals surface area contributed by atoms with Crippen molar-refractivity contribution >= 4 is 12.4 Å². The van der Waals surface area contributed by atoms with Crippen molar-refractivity contribution in [2.75, 3.05) is 0 Å². The SMILES string of the molecule is CC1(C)CCC(C)(C)c2cc(C=CC=O)ccc21. The van der Waals surface area contributed by atoms with Gasteiger partial charge in [0.2, 0.25) is 0 Å². The van der Waals surface area contributed by atoms with Crippen LogP contribution in [0, 0.1) is 0 Å². The van der Waals surface area contributed by atoms with Gasteiger partial charge in [-0.05, 0) is 46.4 Å². The molecule has 0 atom stereocenters. The van der Waals surface area contributed by atoms with Gasteiger partial charge in [-0.3, -0.25) is 4.79 Å². The Kier molecular flexibility index (Phi) is 3.18. The van der Waals surface area contributed by atoms with Gasteiger partial charge in [0.15, 0.2) is 0 Å². The van der Waals surface area contributed by atoms with Crippen molar-refractivity contribution in [2.24, 2.45) is 0 Å². The normalized spacial score (nSPS) is 20.7. The van der Waals surface area contributed by atoms with E-state index in [1.54, 1.807) is 6.08 Å². The van der Waals surface area contributed by atoms with Gasteiger partial charge in [-0.2, -0.15) is 0 Å². The molecule has 0 N–H and O–H groups in total. The molecule has 96 valence electrons. The molecule has 1 heteroatoms. The third-order valence-electron chi connectivity index (χ3n) is 4.24. The van der Waals surface area contributed by atoms with E-state index in [1.165, 1.54) is 24.0 Å². The smallest absolute Gasteiger partial charge is 0.142 e. The highest BCUT2D eigenvalue weighted by atomic mass is 16.1. The van der Waals surface area contributed by atoms with Crippen molar-refractivity contribution in [1.29, 1.82) is 0 Å². The molecule has 0 saturated heterocycles. The Hall–Kier alpha value is -1.37. The topological polar surface area (TPSA) is 17.1 Å². The maximum Gasteiger partial charge on any atom is 0.142 e. The lowest BCUT2D eigenvalue weighted by molar-refractivity contribution is -0.104. The van der Waals surface area contributed by atoms with Crippen LogP contribution in [0.15, 0.2) is 24.3 Å². The number of benzene rings is 1. The van der Waals surface area contributed by atoms with Gasteiger partial charge in [0.25, 0.3) is 0 Å². The number of carbonyl (C=O) groups excluding carboxylic acids is 1. The summed E-state index contributed by atoms with van der Waals surface area (Å²) in [6.45, 7) is 9.27. The van der Waals surface area contributed by atoms with Crippen molar-refractivity contribution in [3.8, 4) is 0 Å². The van der Waals surface area contributed by atoms with Crippen LogP contribution >= 0.6 is 0 Å². The zero-order chi connectivity index (χ0) is 13.4. The van der Waals surface area contributed by atoms with Crippen LogP contribution in [-0.2, 0) is 15.6 Å². The highest BCUT2D eigenvalue weighted by Gasteiger charge is 2.36. The Morgan fingerprint density at radius 2 is 1.61 bits per heavy atom. The lowest BCUT2D eigenvalue weighted by atomic mass is 9.63. The van der Waals surface area contributed by atoms with Crippen molar-refractivity contribution in [3.63, 3.8) is 0 Å². The zero-order valence-electron chi connectivity index (χ0n) is 11.8. The number of fused-ring (bicyclic) bond motifs is 1. The molecule has 0 amide bonds. The first kappa shape index (κ1) is 13.1. The molecule has 0 spiro atoms. The zero-order valence-corrected chi connectivity index (χ0v) is 11.8. The standard InChI is InChI=1S/C17H22O/c1-16(2)9-10-17(3,4)15-12-13(6-5-11-18)7-8-14(15)16/h5-8,11-12H,9-10H2,1-4H3. The van der Waals surface area contributed by atoms with Crippen LogP contribution in [0.3, 0.4) is 0 Å². The predicted octanol–water partition coefficient (Wildman–Crippen LogP) is 4.25. The van der Waals surface area contributed by atoms with E-state index in [4.69, 9.17) is 0 Å². The molecule has 1 aliphatic carbocycles. The minimum Gasteiger partial charge on any atom is -0.299 e. The third-order valence-corrected chi connectivity index (χ3v) is 4.24. The minimum absolute atomic E-state index is 0.232. The van der Waals surface area contributed by atoms with Crippen molar-refractivity contribution in [3.05, 3.63) is 41.0 Å². The number of allylic oxidation sites excluding steroid dienone is 1.